The smallest absolute Gasteiger partial charge is 0.341 e. The van der Waals surface area contributed by atoms with Crippen molar-refractivity contribution in [1.29, 1.82) is 5.26 Å². The molecule has 1 aliphatic rings. The number of amides is 1. The third kappa shape index (κ3) is 5.72. The van der Waals surface area contributed by atoms with Gasteiger partial charge in [-0.2, -0.15) is 5.26 Å². The first kappa shape index (κ1) is 25.7. The van der Waals surface area contributed by atoms with Crippen LogP contribution in [0.3, 0.4) is 0 Å². The molecule has 0 saturated carbocycles. The first-order valence-electron chi connectivity index (χ1n) is 11.6. The summed E-state index contributed by atoms with van der Waals surface area (Å²) in [6.07, 6.45) is 2.95. The molecule has 0 saturated heterocycles. The van der Waals surface area contributed by atoms with Gasteiger partial charge in [0, 0.05) is 22.6 Å². The average Bonchev–Trinajstić information content (AvgIpc) is 3.24. The van der Waals surface area contributed by atoms with E-state index in [2.05, 4.69) is 23.3 Å². The molecule has 1 aromatic carbocycles. The molecule has 3 aromatic rings. The van der Waals surface area contributed by atoms with Gasteiger partial charge >= 0.3 is 5.97 Å². The number of benzene rings is 1. The molecule has 1 N–H and O–H groups in total. The lowest BCUT2D eigenvalue weighted by molar-refractivity contribution is -0.115. The molecule has 4 rings (SSSR count). The lowest BCUT2D eigenvalue weighted by atomic mass is 9.88. The fourth-order valence-electron chi connectivity index (χ4n) is 4.14. The number of nitrogens with zero attached hydrogens (tertiary/aromatic N) is 2. The molecule has 0 radical (unpaired) electrons. The van der Waals surface area contributed by atoms with E-state index in [-0.39, 0.29) is 12.3 Å². The number of thioether (sulfide) groups is 1. The number of hydrogen-bond donors (Lipinski definition) is 1. The molecule has 0 bridgehead atoms. The van der Waals surface area contributed by atoms with Gasteiger partial charge in [-0.05, 0) is 67.1 Å². The number of fused-ring (bicyclic) bond motifs is 1. The van der Waals surface area contributed by atoms with Crippen LogP contribution in [0, 0.1) is 17.2 Å². The topological polar surface area (TPSA) is 101 Å². The SMILES string of the molecule is COC(=O)c1c(NC(=O)CCSc2nc(-c3ccc(OC)cc3)ccc2C#N)sc2c1CCC(C)C2. The maximum atomic E-state index is 12.8. The zero-order valence-electron chi connectivity index (χ0n) is 20.4. The summed E-state index contributed by atoms with van der Waals surface area (Å²) in [5.41, 5.74) is 3.61. The number of aromatic nitrogens is 1. The summed E-state index contributed by atoms with van der Waals surface area (Å²) in [4.78, 5) is 31.1. The second-order valence-electron chi connectivity index (χ2n) is 8.58. The molecule has 2 heterocycles. The minimum atomic E-state index is -0.412. The van der Waals surface area contributed by atoms with Crippen LogP contribution in [0.5, 0.6) is 5.75 Å². The molecule has 1 unspecified atom stereocenters. The normalized spacial score (nSPS) is 14.4. The largest absolute Gasteiger partial charge is 0.497 e. The Hall–Kier alpha value is -3.35. The van der Waals surface area contributed by atoms with Crippen LogP contribution in [0.2, 0.25) is 0 Å². The summed E-state index contributed by atoms with van der Waals surface area (Å²) < 4.78 is 10.2. The van der Waals surface area contributed by atoms with E-state index < -0.39 is 5.97 Å². The zero-order valence-corrected chi connectivity index (χ0v) is 22.1. The van der Waals surface area contributed by atoms with Crippen molar-refractivity contribution in [2.45, 2.75) is 37.6 Å². The molecule has 9 heteroatoms. The van der Waals surface area contributed by atoms with Gasteiger partial charge in [-0.3, -0.25) is 4.79 Å². The standard InChI is InChI=1S/C27H27N3O4S2/c1-16-4-10-20-22(14-16)36-26(24(20)27(32)34-3)30-23(31)12-13-35-25-18(15-28)7-11-21(29-25)17-5-8-19(33-2)9-6-17/h5-9,11,16H,4,10,12-14H2,1-3H3,(H,30,31). The maximum absolute atomic E-state index is 12.8. The highest BCUT2D eigenvalue weighted by Gasteiger charge is 2.28. The van der Waals surface area contributed by atoms with Gasteiger partial charge in [0.05, 0.1) is 31.0 Å². The summed E-state index contributed by atoms with van der Waals surface area (Å²) in [6, 6.07) is 13.3. The summed E-state index contributed by atoms with van der Waals surface area (Å²) in [7, 11) is 2.98. The number of carbonyl (C=O) groups is 2. The number of methoxy groups -OCH3 is 2. The van der Waals surface area contributed by atoms with E-state index in [9.17, 15) is 14.9 Å². The van der Waals surface area contributed by atoms with E-state index in [1.54, 1.807) is 13.2 Å². The van der Waals surface area contributed by atoms with Gasteiger partial charge in [0.25, 0.3) is 0 Å². The van der Waals surface area contributed by atoms with Gasteiger partial charge in [-0.15, -0.1) is 23.1 Å². The highest BCUT2D eigenvalue weighted by atomic mass is 32.2. The Balaban J connectivity index is 1.43. The van der Waals surface area contributed by atoms with E-state index in [0.717, 1.165) is 46.7 Å². The van der Waals surface area contributed by atoms with Crippen molar-refractivity contribution in [3.63, 3.8) is 0 Å². The number of ether oxygens (including phenoxy) is 2. The number of esters is 1. The highest BCUT2D eigenvalue weighted by molar-refractivity contribution is 7.99. The number of rotatable bonds is 8. The van der Waals surface area contributed by atoms with Crippen LogP contribution >= 0.6 is 23.1 Å². The molecule has 36 heavy (non-hydrogen) atoms. The van der Waals surface area contributed by atoms with Gasteiger partial charge in [0.2, 0.25) is 5.91 Å². The Morgan fingerprint density at radius 1 is 1.22 bits per heavy atom. The molecule has 7 nitrogen and oxygen atoms in total. The molecular weight excluding hydrogens is 494 g/mol. The minimum absolute atomic E-state index is 0.191. The molecular formula is C27H27N3O4S2. The zero-order chi connectivity index (χ0) is 25.7. The van der Waals surface area contributed by atoms with Crippen LogP contribution in [0.15, 0.2) is 41.4 Å². The molecule has 1 amide bonds. The lowest BCUT2D eigenvalue weighted by Crippen LogP contribution is -2.16. The number of thiophene rings is 1. The van der Waals surface area contributed by atoms with Gasteiger partial charge in [0.15, 0.2) is 0 Å². The maximum Gasteiger partial charge on any atom is 0.341 e. The number of anilines is 1. The Morgan fingerprint density at radius 3 is 2.69 bits per heavy atom. The fourth-order valence-corrected chi connectivity index (χ4v) is 6.47. The van der Waals surface area contributed by atoms with Crippen molar-refractivity contribution in [3.05, 3.63) is 58.0 Å². The van der Waals surface area contributed by atoms with E-state index in [1.165, 1.54) is 30.2 Å². The third-order valence-electron chi connectivity index (χ3n) is 6.09. The molecule has 0 fully saturated rings. The Bertz CT molecular complexity index is 1310. The van der Waals surface area contributed by atoms with Crippen molar-refractivity contribution in [2.75, 3.05) is 25.3 Å². The van der Waals surface area contributed by atoms with E-state index >= 15 is 0 Å². The van der Waals surface area contributed by atoms with Crippen LogP contribution in [0.25, 0.3) is 11.3 Å². The molecule has 0 spiro atoms. The number of nitrogens with one attached hydrogen (secondary N) is 1. The summed E-state index contributed by atoms with van der Waals surface area (Å²) in [5.74, 6) is 1.14. The van der Waals surface area contributed by atoms with Crippen LogP contribution < -0.4 is 10.1 Å². The molecule has 1 atom stereocenters. The fraction of sp³-hybridized carbons (Fsp3) is 0.333. The minimum Gasteiger partial charge on any atom is -0.497 e. The van der Waals surface area contributed by atoms with Crippen LogP contribution in [0.4, 0.5) is 5.00 Å². The van der Waals surface area contributed by atoms with Crippen LogP contribution in [-0.4, -0.2) is 36.8 Å². The van der Waals surface area contributed by atoms with Crippen molar-refractivity contribution in [1.82, 2.24) is 4.98 Å². The Kier molecular flexibility index (Phi) is 8.28. The Labute approximate surface area is 218 Å². The lowest BCUT2D eigenvalue weighted by Gasteiger charge is -2.18. The monoisotopic (exact) mass is 521 g/mol. The third-order valence-corrected chi connectivity index (χ3v) is 8.25. The first-order chi connectivity index (χ1) is 17.4. The van der Waals surface area contributed by atoms with Gasteiger partial charge in [-0.1, -0.05) is 6.92 Å². The van der Waals surface area contributed by atoms with E-state index in [0.29, 0.717) is 32.8 Å². The number of carbonyl (C=O) groups excluding carboxylic acids is 2. The van der Waals surface area contributed by atoms with Gasteiger partial charge in [-0.25, -0.2) is 9.78 Å². The Morgan fingerprint density at radius 2 is 2.00 bits per heavy atom. The predicted molar refractivity (Wildman–Crippen MR) is 142 cm³/mol. The molecule has 186 valence electrons. The number of hydrogen-bond acceptors (Lipinski definition) is 8. The average molecular weight is 522 g/mol. The van der Waals surface area contributed by atoms with Crippen molar-refractivity contribution in [3.8, 4) is 23.1 Å². The van der Waals surface area contributed by atoms with E-state index in [4.69, 9.17) is 9.47 Å². The second kappa shape index (κ2) is 11.6. The number of pyridine rings is 1. The van der Waals surface area contributed by atoms with Crippen molar-refractivity contribution in [2.24, 2.45) is 5.92 Å². The van der Waals surface area contributed by atoms with Gasteiger partial charge < -0.3 is 14.8 Å². The molecule has 1 aliphatic carbocycles. The molecule has 0 aliphatic heterocycles. The molecule has 2 aromatic heterocycles. The summed E-state index contributed by atoms with van der Waals surface area (Å²) in [6.45, 7) is 2.20. The van der Waals surface area contributed by atoms with Gasteiger partial charge in [0.1, 0.15) is 21.8 Å². The highest BCUT2D eigenvalue weighted by Crippen LogP contribution is 2.40. The summed E-state index contributed by atoms with van der Waals surface area (Å²) in [5, 5.41) is 13.6. The van der Waals surface area contributed by atoms with Crippen LogP contribution in [0.1, 0.15) is 46.1 Å². The quantitative estimate of drug-likeness (QED) is 0.299. The van der Waals surface area contributed by atoms with E-state index in [1.807, 2.05) is 30.3 Å². The van der Waals surface area contributed by atoms with Crippen molar-refractivity contribution < 1.29 is 19.1 Å². The van der Waals surface area contributed by atoms with Crippen molar-refractivity contribution >= 4 is 40.0 Å². The second-order valence-corrected chi connectivity index (χ2v) is 10.8. The predicted octanol–water partition coefficient (Wildman–Crippen LogP) is 5.72. The summed E-state index contributed by atoms with van der Waals surface area (Å²) >= 11 is 2.83. The first-order valence-corrected chi connectivity index (χ1v) is 13.4. The number of nitriles is 1. The van der Waals surface area contributed by atoms with Crippen LogP contribution in [-0.2, 0) is 22.4 Å².